The van der Waals surface area contributed by atoms with Crippen molar-refractivity contribution < 1.29 is 9.84 Å². The van der Waals surface area contributed by atoms with E-state index in [0.29, 0.717) is 18.6 Å². The fraction of sp³-hybridized carbons (Fsp3) is 0.571. The van der Waals surface area contributed by atoms with Crippen LogP contribution < -0.4 is 4.74 Å². The van der Waals surface area contributed by atoms with Gasteiger partial charge in [0.2, 0.25) is 0 Å². The van der Waals surface area contributed by atoms with Crippen LogP contribution in [-0.2, 0) is 0 Å². The first kappa shape index (κ1) is 12.2. The van der Waals surface area contributed by atoms with Crippen LogP contribution in [0.25, 0.3) is 0 Å². The summed E-state index contributed by atoms with van der Waals surface area (Å²) in [6, 6.07) is 5.72. The van der Waals surface area contributed by atoms with Crippen LogP contribution in [-0.4, -0.2) is 30.2 Å². The normalized spacial score (nSPS) is 20.1. The van der Waals surface area contributed by atoms with Gasteiger partial charge in [-0.15, -0.1) is 0 Å². The first-order chi connectivity index (χ1) is 8.11. The van der Waals surface area contributed by atoms with Gasteiger partial charge in [-0.3, -0.25) is 4.90 Å². The summed E-state index contributed by atoms with van der Waals surface area (Å²) in [6.45, 7) is 6.25. The van der Waals surface area contributed by atoms with E-state index in [1.54, 1.807) is 12.1 Å². The molecule has 0 amide bonds. The van der Waals surface area contributed by atoms with Gasteiger partial charge in [-0.2, -0.15) is 0 Å². The van der Waals surface area contributed by atoms with Gasteiger partial charge in [-0.1, -0.05) is 20.3 Å². The van der Waals surface area contributed by atoms with Gasteiger partial charge in [0, 0.05) is 18.2 Å². The van der Waals surface area contributed by atoms with Crippen molar-refractivity contribution in [3.8, 4) is 11.5 Å². The van der Waals surface area contributed by atoms with Crippen molar-refractivity contribution in [1.29, 1.82) is 0 Å². The number of benzene rings is 1. The molecule has 1 N–H and O–H groups in total. The third kappa shape index (κ3) is 2.55. The molecule has 0 aliphatic carbocycles. The molecule has 0 spiro atoms. The van der Waals surface area contributed by atoms with Crippen LogP contribution in [0.2, 0.25) is 0 Å². The molecule has 0 saturated carbocycles. The topological polar surface area (TPSA) is 32.7 Å². The maximum absolute atomic E-state index is 9.41. The maximum atomic E-state index is 9.41. The number of rotatable bonds is 4. The minimum absolute atomic E-state index is 0.272. The molecule has 2 rings (SSSR count). The van der Waals surface area contributed by atoms with E-state index >= 15 is 0 Å². The number of fused-ring (bicyclic) bond motifs is 1. The summed E-state index contributed by atoms with van der Waals surface area (Å²) in [7, 11) is 2.14. The van der Waals surface area contributed by atoms with E-state index in [-0.39, 0.29) is 5.75 Å². The van der Waals surface area contributed by atoms with Crippen molar-refractivity contribution in [2.75, 3.05) is 20.2 Å². The molecule has 1 aromatic rings. The number of hydrogen-bond acceptors (Lipinski definition) is 3. The highest BCUT2D eigenvalue weighted by Gasteiger charge is 2.28. The van der Waals surface area contributed by atoms with Gasteiger partial charge in [0.25, 0.3) is 0 Å². The third-order valence-electron chi connectivity index (χ3n) is 3.58. The molecule has 1 aromatic carbocycles. The Kier molecular flexibility index (Phi) is 3.57. The molecular weight excluding hydrogens is 214 g/mol. The molecule has 2 atom stereocenters. The summed E-state index contributed by atoms with van der Waals surface area (Å²) in [5.41, 5.74) is 1.19. The lowest BCUT2D eigenvalue weighted by atomic mass is 10.0. The van der Waals surface area contributed by atoms with Gasteiger partial charge in [0.05, 0.1) is 6.04 Å². The van der Waals surface area contributed by atoms with Gasteiger partial charge >= 0.3 is 0 Å². The molecule has 1 aliphatic heterocycles. The molecule has 3 heteroatoms. The van der Waals surface area contributed by atoms with E-state index in [9.17, 15) is 5.11 Å². The summed E-state index contributed by atoms with van der Waals surface area (Å²) in [5, 5.41) is 9.41. The number of phenols is 1. The lowest BCUT2D eigenvalue weighted by Gasteiger charge is -2.26. The zero-order chi connectivity index (χ0) is 12.4. The Bertz CT molecular complexity index is 392. The highest BCUT2D eigenvalue weighted by molar-refractivity contribution is 5.44. The molecule has 0 bridgehead atoms. The Hall–Kier alpha value is -1.22. The molecule has 0 radical (unpaired) electrons. The quantitative estimate of drug-likeness (QED) is 0.871. The monoisotopic (exact) mass is 235 g/mol. The average molecular weight is 235 g/mol. The van der Waals surface area contributed by atoms with Crippen molar-refractivity contribution in [2.24, 2.45) is 5.92 Å². The summed E-state index contributed by atoms with van der Waals surface area (Å²) in [5.74, 6) is 1.79. The Morgan fingerprint density at radius 3 is 3.00 bits per heavy atom. The Morgan fingerprint density at radius 2 is 2.29 bits per heavy atom. The molecule has 0 fully saturated rings. The van der Waals surface area contributed by atoms with Crippen LogP contribution in [0.15, 0.2) is 18.2 Å². The first-order valence-corrected chi connectivity index (χ1v) is 6.27. The minimum atomic E-state index is 0.272. The standard InChI is InChI=1S/C14H21NO2/c1-4-10(2)8-15(3)13-9-17-14-7-11(16)5-6-12(13)14/h5-7,10,13,16H,4,8-9H2,1-3H3. The van der Waals surface area contributed by atoms with Gasteiger partial charge in [0.1, 0.15) is 18.1 Å². The lowest BCUT2D eigenvalue weighted by Crippen LogP contribution is -2.29. The zero-order valence-electron chi connectivity index (χ0n) is 10.8. The molecule has 2 unspecified atom stereocenters. The van der Waals surface area contributed by atoms with Gasteiger partial charge < -0.3 is 9.84 Å². The molecule has 17 heavy (non-hydrogen) atoms. The fourth-order valence-electron chi connectivity index (χ4n) is 2.29. The summed E-state index contributed by atoms with van der Waals surface area (Å²) in [6.07, 6.45) is 1.19. The van der Waals surface area contributed by atoms with E-state index in [1.165, 1.54) is 12.0 Å². The highest BCUT2D eigenvalue weighted by atomic mass is 16.5. The van der Waals surface area contributed by atoms with Crippen LogP contribution in [0.3, 0.4) is 0 Å². The molecule has 94 valence electrons. The second-order valence-electron chi connectivity index (χ2n) is 5.00. The van der Waals surface area contributed by atoms with Gasteiger partial charge in [0.15, 0.2) is 0 Å². The summed E-state index contributed by atoms with van der Waals surface area (Å²) in [4.78, 5) is 2.34. The first-order valence-electron chi connectivity index (χ1n) is 6.27. The molecule has 0 aromatic heterocycles. The van der Waals surface area contributed by atoms with E-state index in [1.807, 2.05) is 6.07 Å². The fourth-order valence-corrected chi connectivity index (χ4v) is 2.29. The molecule has 3 nitrogen and oxygen atoms in total. The van der Waals surface area contributed by atoms with Gasteiger partial charge in [-0.25, -0.2) is 0 Å². The minimum Gasteiger partial charge on any atom is -0.508 e. The largest absolute Gasteiger partial charge is 0.508 e. The van der Waals surface area contributed by atoms with Crippen molar-refractivity contribution in [1.82, 2.24) is 4.90 Å². The van der Waals surface area contributed by atoms with Crippen LogP contribution in [0, 0.1) is 5.92 Å². The molecule has 1 aliphatic rings. The zero-order valence-corrected chi connectivity index (χ0v) is 10.8. The van der Waals surface area contributed by atoms with Crippen molar-refractivity contribution >= 4 is 0 Å². The second kappa shape index (κ2) is 4.96. The van der Waals surface area contributed by atoms with E-state index < -0.39 is 0 Å². The third-order valence-corrected chi connectivity index (χ3v) is 3.58. The van der Waals surface area contributed by atoms with Crippen LogP contribution >= 0.6 is 0 Å². The number of likely N-dealkylation sites (N-methyl/N-ethyl adjacent to an activating group) is 1. The van der Waals surface area contributed by atoms with Crippen LogP contribution in [0.4, 0.5) is 0 Å². The highest BCUT2D eigenvalue weighted by Crippen LogP contribution is 2.37. The van der Waals surface area contributed by atoms with Crippen molar-refractivity contribution in [3.05, 3.63) is 23.8 Å². The smallest absolute Gasteiger partial charge is 0.127 e. The number of aromatic hydroxyl groups is 1. The molecular formula is C14H21NO2. The maximum Gasteiger partial charge on any atom is 0.127 e. The molecule has 0 saturated heterocycles. The van der Waals surface area contributed by atoms with Gasteiger partial charge in [-0.05, 0) is 25.1 Å². The summed E-state index contributed by atoms with van der Waals surface area (Å²) >= 11 is 0. The van der Waals surface area contributed by atoms with E-state index in [2.05, 4.69) is 25.8 Å². The van der Waals surface area contributed by atoms with E-state index in [0.717, 1.165) is 12.3 Å². The average Bonchev–Trinajstić information content (AvgIpc) is 2.71. The van der Waals surface area contributed by atoms with Crippen molar-refractivity contribution in [3.63, 3.8) is 0 Å². The number of hydrogen-bond donors (Lipinski definition) is 1. The second-order valence-corrected chi connectivity index (χ2v) is 5.00. The SMILES string of the molecule is CCC(C)CN(C)C1COc2cc(O)ccc21. The predicted octanol–water partition coefficient (Wildman–Crippen LogP) is 2.80. The van der Waals surface area contributed by atoms with Crippen LogP contribution in [0.5, 0.6) is 11.5 Å². The Morgan fingerprint density at radius 1 is 1.53 bits per heavy atom. The molecule has 1 heterocycles. The van der Waals surface area contributed by atoms with Crippen molar-refractivity contribution in [2.45, 2.75) is 26.3 Å². The Balaban J connectivity index is 2.11. The number of phenolic OH excluding ortho intramolecular Hbond substituents is 1. The van der Waals surface area contributed by atoms with E-state index in [4.69, 9.17) is 4.74 Å². The number of nitrogens with zero attached hydrogens (tertiary/aromatic N) is 1. The van der Waals surface area contributed by atoms with Crippen LogP contribution in [0.1, 0.15) is 31.9 Å². The summed E-state index contributed by atoms with van der Waals surface area (Å²) < 4.78 is 5.63. The Labute approximate surface area is 103 Å². The predicted molar refractivity (Wildman–Crippen MR) is 68.4 cm³/mol. The number of ether oxygens (including phenoxy) is 1. The lowest BCUT2D eigenvalue weighted by molar-refractivity contribution is 0.175.